The van der Waals surface area contributed by atoms with E-state index in [2.05, 4.69) is 6.92 Å². The van der Waals surface area contributed by atoms with Crippen molar-refractivity contribution in [1.82, 2.24) is 4.90 Å². The molecular formula is C22H27NO5. The molecule has 1 aromatic heterocycles. The van der Waals surface area contributed by atoms with Gasteiger partial charge in [0.15, 0.2) is 11.5 Å². The number of amides is 1. The van der Waals surface area contributed by atoms with E-state index in [0.717, 1.165) is 11.3 Å². The topological polar surface area (TPSA) is 61.1 Å². The fraction of sp³-hybridized carbons (Fsp3) is 0.409. The highest BCUT2D eigenvalue weighted by atomic mass is 16.5. The quantitative estimate of drug-likeness (QED) is 0.640. The summed E-state index contributed by atoms with van der Waals surface area (Å²) in [4.78, 5) is 14.1. The summed E-state index contributed by atoms with van der Waals surface area (Å²) in [6, 6.07) is 7.56. The first-order chi connectivity index (χ1) is 13.5. The molecule has 3 rings (SSSR count). The summed E-state index contributed by atoms with van der Waals surface area (Å²) in [5.41, 5.74) is 0.826. The van der Waals surface area contributed by atoms with Gasteiger partial charge in [0, 0.05) is 31.1 Å². The molecule has 0 bridgehead atoms. The largest absolute Gasteiger partial charge is 0.493 e. The fourth-order valence-corrected chi connectivity index (χ4v) is 3.28. The molecule has 0 aliphatic heterocycles. The van der Waals surface area contributed by atoms with E-state index in [-0.39, 0.29) is 5.91 Å². The van der Waals surface area contributed by atoms with Gasteiger partial charge in [-0.3, -0.25) is 4.79 Å². The van der Waals surface area contributed by atoms with Gasteiger partial charge in [0.25, 0.3) is 0 Å². The van der Waals surface area contributed by atoms with E-state index >= 15 is 0 Å². The molecule has 2 atom stereocenters. The third kappa shape index (κ3) is 4.16. The highest BCUT2D eigenvalue weighted by Gasteiger charge is 2.36. The lowest BCUT2D eigenvalue weighted by Crippen LogP contribution is -2.24. The van der Waals surface area contributed by atoms with Gasteiger partial charge in [-0.05, 0) is 42.7 Å². The van der Waals surface area contributed by atoms with E-state index < -0.39 is 0 Å². The fourth-order valence-electron chi connectivity index (χ4n) is 3.28. The molecule has 6 nitrogen and oxygen atoms in total. The zero-order valence-electron chi connectivity index (χ0n) is 17.0. The predicted octanol–water partition coefficient (Wildman–Crippen LogP) is 4.10. The first-order valence-electron chi connectivity index (χ1n) is 9.29. The zero-order valence-corrected chi connectivity index (χ0v) is 17.0. The minimum Gasteiger partial charge on any atom is -0.493 e. The number of furan rings is 1. The van der Waals surface area contributed by atoms with Gasteiger partial charge in [-0.25, -0.2) is 0 Å². The molecule has 28 heavy (non-hydrogen) atoms. The molecule has 0 saturated heterocycles. The standard InChI is InChI=1S/C22H27NO5/c1-14-12-17(14)18-10-7-16(28-18)8-11-20(24)23(2)13-15-6-9-19(25-3)22(27-5)21(15)26-4/h6-11,14,17H,12-13H2,1-5H3/b11-8+. The Balaban J connectivity index is 1.68. The molecular weight excluding hydrogens is 358 g/mol. The summed E-state index contributed by atoms with van der Waals surface area (Å²) in [7, 11) is 6.43. The van der Waals surface area contributed by atoms with Gasteiger partial charge in [-0.2, -0.15) is 0 Å². The number of benzene rings is 1. The highest BCUT2D eigenvalue weighted by Crippen LogP contribution is 2.47. The Kier molecular flexibility index (Phi) is 5.97. The zero-order chi connectivity index (χ0) is 20.3. The minimum atomic E-state index is -0.130. The number of hydrogen-bond acceptors (Lipinski definition) is 5. The van der Waals surface area contributed by atoms with Crippen LogP contribution in [0.25, 0.3) is 6.08 Å². The smallest absolute Gasteiger partial charge is 0.246 e. The molecule has 1 amide bonds. The molecule has 1 saturated carbocycles. The van der Waals surface area contributed by atoms with Gasteiger partial charge in [-0.1, -0.05) is 6.92 Å². The maximum Gasteiger partial charge on any atom is 0.246 e. The van der Waals surface area contributed by atoms with Crippen LogP contribution < -0.4 is 14.2 Å². The van der Waals surface area contributed by atoms with Crippen LogP contribution in [0.4, 0.5) is 0 Å². The lowest BCUT2D eigenvalue weighted by Gasteiger charge is -2.20. The third-order valence-electron chi connectivity index (χ3n) is 5.08. The van der Waals surface area contributed by atoms with Crippen LogP contribution in [0.2, 0.25) is 0 Å². The number of carbonyl (C=O) groups excluding carboxylic acids is 1. The summed E-state index contributed by atoms with van der Waals surface area (Å²) in [5.74, 6) is 4.42. The second kappa shape index (κ2) is 8.42. The number of hydrogen-bond donors (Lipinski definition) is 0. The van der Waals surface area contributed by atoms with Gasteiger partial charge in [0.05, 0.1) is 21.3 Å². The summed E-state index contributed by atoms with van der Waals surface area (Å²) in [6.07, 6.45) is 4.40. The van der Waals surface area contributed by atoms with E-state index in [0.29, 0.717) is 41.4 Å². The molecule has 150 valence electrons. The SMILES string of the molecule is COc1ccc(CN(C)C(=O)/C=C/c2ccc(C3CC3C)o2)c(OC)c1OC. The number of ether oxygens (including phenoxy) is 3. The Morgan fingerprint density at radius 2 is 1.86 bits per heavy atom. The number of rotatable bonds is 8. The van der Waals surface area contributed by atoms with Crippen molar-refractivity contribution in [2.24, 2.45) is 5.92 Å². The van der Waals surface area contributed by atoms with Crippen molar-refractivity contribution in [2.75, 3.05) is 28.4 Å². The van der Waals surface area contributed by atoms with Gasteiger partial charge >= 0.3 is 0 Å². The molecule has 1 aliphatic carbocycles. The molecule has 2 unspecified atom stereocenters. The van der Waals surface area contributed by atoms with E-state index in [1.807, 2.05) is 18.2 Å². The van der Waals surface area contributed by atoms with Gasteiger partial charge < -0.3 is 23.5 Å². The van der Waals surface area contributed by atoms with Crippen molar-refractivity contribution < 1.29 is 23.4 Å². The lowest BCUT2D eigenvalue weighted by molar-refractivity contribution is -0.125. The molecule has 0 radical (unpaired) electrons. The van der Waals surface area contributed by atoms with Crippen LogP contribution in [0.1, 0.15) is 36.3 Å². The van der Waals surface area contributed by atoms with Crippen LogP contribution in [-0.4, -0.2) is 39.2 Å². The van der Waals surface area contributed by atoms with E-state index in [1.54, 1.807) is 45.4 Å². The molecule has 2 aromatic rings. The van der Waals surface area contributed by atoms with Crippen LogP contribution in [0, 0.1) is 5.92 Å². The molecule has 0 spiro atoms. The van der Waals surface area contributed by atoms with Crippen LogP contribution in [0.15, 0.2) is 34.8 Å². The van der Waals surface area contributed by atoms with Crippen molar-refractivity contribution in [3.05, 3.63) is 47.4 Å². The van der Waals surface area contributed by atoms with Crippen molar-refractivity contribution in [1.29, 1.82) is 0 Å². The van der Waals surface area contributed by atoms with Crippen LogP contribution in [-0.2, 0) is 11.3 Å². The maximum absolute atomic E-state index is 12.5. The molecule has 0 N–H and O–H groups in total. The number of methoxy groups -OCH3 is 3. The summed E-state index contributed by atoms with van der Waals surface area (Å²) in [5, 5.41) is 0. The summed E-state index contributed by atoms with van der Waals surface area (Å²) >= 11 is 0. The Morgan fingerprint density at radius 3 is 2.46 bits per heavy atom. The Morgan fingerprint density at radius 1 is 1.14 bits per heavy atom. The van der Waals surface area contributed by atoms with Crippen LogP contribution in [0.5, 0.6) is 17.2 Å². The van der Waals surface area contributed by atoms with Gasteiger partial charge in [0.2, 0.25) is 11.7 Å². The molecule has 6 heteroatoms. The molecule has 1 aromatic carbocycles. The van der Waals surface area contributed by atoms with Crippen LogP contribution >= 0.6 is 0 Å². The normalized spacial score (nSPS) is 18.2. The van der Waals surface area contributed by atoms with Gasteiger partial charge in [-0.15, -0.1) is 0 Å². The Labute approximate surface area is 165 Å². The van der Waals surface area contributed by atoms with Crippen molar-refractivity contribution in [3.8, 4) is 17.2 Å². The van der Waals surface area contributed by atoms with Crippen LogP contribution in [0.3, 0.4) is 0 Å². The van der Waals surface area contributed by atoms with E-state index in [4.69, 9.17) is 18.6 Å². The molecule has 1 aliphatic rings. The maximum atomic E-state index is 12.5. The minimum absolute atomic E-state index is 0.130. The van der Waals surface area contributed by atoms with Crippen molar-refractivity contribution >= 4 is 12.0 Å². The summed E-state index contributed by atoms with van der Waals surface area (Å²) < 4.78 is 22.0. The second-order valence-electron chi connectivity index (χ2n) is 7.08. The van der Waals surface area contributed by atoms with Gasteiger partial charge in [0.1, 0.15) is 11.5 Å². The van der Waals surface area contributed by atoms with Crippen molar-refractivity contribution in [3.63, 3.8) is 0 Å². The first-order valence-corrected chi connectivity index (χ1v) is 9.29. The van der Waals surface area contributed by atoms with E-state index in [1.165, 1.54) is 12.5 Å². The third-order valence-corrected chi connectivity index (χ3v) is 5.08. The second-order valence-corrected chi connectivity index (χ2v) is 7.08. The highest BCUT2D eigenvalue weighted by molar-refractivity contribution is 5.91. The number of nitrogens with zero attached hydrogens (tertiary/aromatic N) is 1. The Hall–Kier alpha value is -2.89. The molecule has 1 fully saturated rings. The number of likely N-dealkylation sites (N-methyl/N-ethyl adjacent to an activating group) is 1. The Bertz CT molecular complexity index is 870. The average Bonchev–Trinajstić information content (AvgIpc) is 3.25. The lowest BCUT2D eigenvalue weighted by atomic mass is 10.1. The average molecular weight is 385 g/mol. The van der Waals surface area contributed by atoms with E-state index in [9.17, 15) is 4.79 Å². The number of carbonyl (C=O) groups is 1. The first kappa shape index (κ1) is 19.9. The predicted molar refractivity (Wildman–Crippen MR) is 107 cm³/mol. The monoisotopic (exact) mass is 385 g/mol. The van der Waals surface area contributed by atoms with Crippen molar-refractivity contribution in [2.45, 2.75) is 25.8 Å². The molecule has 1 heterocycles. The summed E-state index contributed by atoms with van der Waals surface area (Å²) in [6.45, 7) is 2.58.